The minimum atomic E-state index is 0.0861. The number of benzene rings is 3. The molecule has 0 aliphatic heterocycles. The summed E-state index contributed by atoms with van der Waals surface area (Å²) < 4.78 is 0. The number of hydrogen-bond donors (Lipinski definition) is 2. The second-order valence-electron chi connectivity index (χ2n) is 11.1. The quantitative estimate of drug-likeness (QED) is 0.224. The number of phenols is 2. The van der Waals surface area contributed by atoms with Crippen molar-refractivity contribution in [3.05, 3.63) is 81.9 Å². The molecule has 4 nitrogen and oxygen atoms in total. The van der Waals surface area contributed by atoms with E-state index in [4.69, 9.17) is 9.98 Å². The molecule has 0 aliphatic carbocycles. The molecule has 40 heavy (non-hydrogen) atoms. The average Bonchev–Trinajstić information content (AvgIpc) is 2.97. The maximum atomic E-state index is 10.9. The first kappa shape index (κ1) is 31.1. The molecule has 0 saturated carbocycles. The number of hydrogen-bond acceptors (Lipinski definition) is 4. The fraction of sp³-hybridized carbons (Fsp3) is 0.444. The highest BCUT2D eigenvalue weighted by Gasteiger charge is 2.28. The van der Waals surface area contributed by atoms with Crippen molar-refractivity contribution in [2.24, 2.45) is 9.98 Å². The van der Waals surface area contributed by atoms with E-state index in [0.717, 1.165) is 49.7 Å². The molecule has 214 valence electrons. The molecule has 0 heterocycles. The molecule has 0 amide bonds. The Morgan fingerprint density at radius 1 is 0.575 bits per heavy atom. The molecule has 4 heteroatoms. The topological polar surface area (TPSA) is 65.2 Å². The van der Waals surface area contributed by atoms with Crippen molar-refractivity contribution in [1.82, 2.24) is 0 Å². The van der Waals surface area contributed by atoms with Crippen LogP contribution in [0.4, 0.5) is 11.4 Å². The largest absolute Gasteiger partial charge is 0.507 e. The third-order valence-electron chi connectivity index (χ3n) is 9.51. The van der Waals surface area contributed by atoms with E-state index in [9.17, 15) is 10.2 Å². The van der Waals surface area contributed by atoms with Crippen LogP contribution in [0.5, 0.6) is 11.5 Å². The summed E-state index contributed by atoms with van der Waals surface area (Å²) in [6, 6.07) is 16.1. The minimum absolute atomic E-state index is 0.0861. The molecule has 0 saturated heterocycles. The van der Waals surface area contributed by atoms with Crippen LogP contribution in [0, 0.1) is 13.8 Å². The van der Waals surface area contributed by atoms with Gasteiger partial charge in [-0.25, -0.2) is 0 Å². The fourth-order valence-corrected chi connectivity index (χ4v) is 6.11. The summed E-state index contributed by atoms with van der Waals surface area (Å²) in [5.74, 6) is 0.517. The molecule has 0 aliphatic rings. The lowest BCUT2D eigenvalue weighted by Gasteiger charge is -2.32. The first-order valence-corrected chi connectivity index (χ1v) is 15.0. The van der Waals surface area contributed by atoms with Gasteiger partial charge in [-0.1, -0.05) is 65.8 Å². The molecular weight excluding hydrogens is 492 g/mol. The van der Waals surface area contributed by atoms with Crippen molar-refractivity contribution in [3.63, 3.8) is 0 Å². The maximum Gasteiger partial charge on any atom is 0.127 e. The zero-order chi connectivity index (χ0) is 29.5. The second kappa shape index (κ2) is 13.3. The van der Waals surface area contributed by atoms with Crippen molar-refractivity contribution in [3.8, 4) is 11.5 Å². The molecule has 0 spiro atoms. The van der Waals surface area contributed by atoms with E-state index in [1.807, 2.05) is 38.1 Å². The van der Waals surface area contributed by atoms with E-state index in [-0.39, 0.29) is 22.3 Å². The summed E-state index contributed by atoms with van der Waals surface area (Å²) in [4.78, 5) is 9.53. The average molecular weight is 541 g/mol. The van der Waals surface area contributed by atoms with Crippen LogP contribution >= 0.6 is 0 Å². The SMILES string of the molecule is CCC(CC)(CC)c1cc(C)c(O)c(C=Nc2ccccc2N=Cc2cc(C(CC)(CC)CC)cc(C)c2O)c1. The number of aromatic hydroxyl groups is 2. The Morgan fingerprint density at radius 2 is 0.900 bits per heavy atom. The Balaban J connectivity index is 2.02. The second-order valence-corrected chi connectivity index (χ2v) is 11.1. The van der Waals surface area contributed by atoms with Crippen molar-refractivity contribution in [1.29, 1.82) is 0 Å². The predicted molar refractivity (Wildman–Crippen MR) is 172 cm³/mol. The molecule has 0 unspecified atom stereocenters. The number of nitrogens with zero attached hydrogens (tertiary/aromatic N) is 2. The molecule has 0 radical (unpaired) electrons. The monoisotopic (exact) mass is 540 g/mol. The van der Waals surface area contributed by atoms with Gasteiger partial charge < -0.3 is 10.2 Å². The van der Waals surface area contributed by atoms with Crippen molar-refractivity contribution < 1.29 is 10.2 Å². The molecule has 0 aromatic heterocycles. The van der Waals surface area contributed by atoms with E-state index in [2.05, 4.69) is 65.8 Å². The lowest BCUT2D eigenvalue weighted by molar-refractivity contribution is 0.380. The van der Waals surface area contributed by atoms with Crippen LogP contribution in [0.1, 0.15) is 113 Å². The number of rotatable bonds is 12. The smallest absolute Gasteiger partial charge is 0.127 e. The van der Waals surface area contributed by atoms with Gasteiger partial charge in [0.25, 0.3) is 0 Å². The van der Waals surface area contributed by atoms with E-state index < -0.39 is 0 Å². The van der Waals surface area contributed by atoms with Gasteiger partial charge in [0.2, 0.25) is 0 Å². The number of para-hydroxylation sites is 2. The summed E-state index contributed by atoms with van der Waals surface area (Å²) in [6.45, 7) is 17.3. The van der Waals surface area contributed by atoms with Gasteiger partial charge in [-0.15, -0.1) is 0 Å². The van der Waals surface area contributed by atoms with Crippen LogP contribution in [-0.2, 0) is 10.8 Å². The Bertz CT molecular complexity index is 1240. The standard InChI is InChI=1S/C36H48N2O2/c1-9-35(10-2,11-3)29-19-25(7)33(39)27(21-29)23-37-31-17-15-16-18-32(31)38-24-28-22-30(20-26(8)34(28)40)36(12-4,13-5)14-6/h15-24,39-40H,9-14H2,1-8H3. The lowest BCUT2D eigenvalue weighted by Crippen LogP contribution is -2.23. The van der Waals surface area contributed by atoms with Gasteiger partial charge in [-0.05, 0) is 110 Å². The minimum Gasteiger partial charge on any atom is -0.507 e. The summed E-state index contributed by atoms with van der Waals surface area (Å²) in [7, 11) is 0. The zero-order valence-electron chi connectivity index (χ0n) is 25.8. The zero-order valence-corrected chi connectivity index (χ0v) is 25.8. The first-order chi connectivity index (χ1) is 19.1. The Kier molecular flexibility index (Phi) is 10.4. The Hall–Kier alpha value is -3.40. The third-order valence-corrected chi connectivity index (χ3v) is 9.51. The van der Waals surface area contributed by atoms with Gasteiger partial charge in [0.1, 0.15) is 11.5 Å². The maximum absolute atomic E-state index is 10.9. The highest BCUT2D eigenvalue weighted by molar-refractivity contribution is 5.90. The Morgan fingerprint density at radius 3 is 1.20 bits per heavy atom. The Labute approximate surface area is 241 Å². The fourth-order valence-electron chi connectivity index (χ4n) is 6.11. The van der Waals surface area contributed by atoms with E-state index >= 15 is 0 Å². The van der Waals surface area contributed by atoms with Crippen molar-refractivity contribution >= 4 is 23.8 Å². The molecule has 3 aromatic carbocycles. The van der Waals surface area contributed by atoms with Crippen LogP contribution < -0.4 is 0 Å². The summed E-state index contributed by atoms with van der Waals surface area (Å²) in [5.41, 5.74) is 7.21. The van der Waals surface area contributed by atoms with Gasteiger partial charge in [-0.2, -0.15) is 0 Å². The van der Waals surface area contributed by atoms with Crippen LogP contribution in [0.2, 0.25) is 0 Å². The molecule has 0 atom stereocenters. The number of aliphatic imine (C=N–C) groups is 2. The molecule has 3 rings (SSSR count). The van der Waals surface area contributed by atoms with Gasteiger partial charge in [0, 0.05) is 23.6 Å². The highest BCUT2D eigenvalue weighted by atomic mass is 16.3. The molecule has 2 N–H and O–H groups in total. The highest BCUT2D eigenvalue weighted by Crippen LogP contribution is 2.40. The summed E-state index contributed by atoms with van der Waals surface area (Å²) in [5, 5.41) is 21.7. The van der Waals surface area contributed by atoms with Crippen LogP contribution in [0.3, 0.4) is 0 Å². The normalized spacial score (nSPS) is 12.6. The van der Waals surface area contributed by atoms with E-state index in [1.54, 1.807) is 12.4 Å². The first-order valence-electron chi connectivity index (χ1n) is 15.0. The number of aryl methyl sites for hydroxylation is 2. The third kappa shape index (κ3) is 6.16. The van der Waals surface area contributed by atoms with E-state index in [1.165, 1.54) is 11.1 Å². The predicted octanol–water partition coefficient (Wildman–Crippen LogP) is 10.2. The van der Waals surface area contributed by atoms with Crippen molar-refractivity contribution in [2.45, 2.75) is 105 Å². The van der Waals surface area contributed by atoms with Crippen molar-refractivity contribution in [2.75, 3.05) is 0 Å². The van der Waals surface area contributed by atoms with E-state index in [0.29, 0.717) is 22.5 Å². The van der Waals surface area contributed by atoms with Gasteiger partial charge in [0.05, 0.1) is 11.4 Å². The number of phenolic OH excluding ortho intramolecular Hbond substituents is 2. The van der Waals surface area contributed by atoms with Gasteiger partial charge in [0.15, 0.2) is 0 Å². The molecular formula is C36H48N2O2. The van der Waals surface area contributed by atoms with Crippen LogP contribution in [0.25, 0.3) is 0 Å². The molecule has 0 fully saturated rings. The van der Waals surface area contributed by atoms with Gasteiger partial charge >= 0.3 is 0 Å². The van der Waals surface area contributed by atoms with Gasteiger partial charge in [-0.3, -0.25) is 9.98 Å². The van der Waals surface area contributed by atoms with Crippen LogP contribution in [0.15, 0.2) is 58.5 Å². The molecule has 3 aromatic rings. The summed E-state index contributed by atoms with van der Waals surface area (Å²) in [6.07, 6.45) is 9.75. The molecule has 0 bridgehead atoms. The summed E-state index contributed by atoms with van der Waals surface area (Å²) >= 11 is 0. The van der Waals surface area contributed by atoms with Crippen LogP contribution in [-0.4, -0.2) is 22.6 Å². The lowest BCUT2D eigenvalue weighted by atomic mass is 9.73.